The fraction of sp³-hybridized carbons (Fsp3) is 0.211. The van der Waals surface area contributed by atoms with Crippen LogP contribution in [0.25, 0.3) is 22.2 Å². The van der Waals surface area contributed by atoms with E-state index in [2.05, 4.69) is 30.4 Å². The van der Waals surface area contributed by atoms with Gasteiger partial charge in [-0.1, -0.05) is 12.1 Å². The van der Waals surface area contributed by atoms with Crippen molar-refractivity contribution in [3.8, 4) is 17.0 Å². The van der Waals surface area contributed by atoms with Gasteiger partial charge in [-0.15, -0.1) is 0 Å². The molecule has 0 saturated carbocycles. The summed E-state index contributed by atoms with van der Waals surface area (Å²) in [7, 11) is 1.66. The smallest absolute Gasteiger partial charge is 0.118 e. The third-order valence-corrected chi connectivity index (χ3v) is 3.78. The van der Waals surface area contributed by atoms with Crippen molar-refractivity contribution in [1.29, 1.82) is 0 Å². The molecule has 0 saturated heterocycles. The van der Waals surface area contributed by atoms with Gasteiger partial charge in [0.2, 0.25) is 0 Å². The average Bonchev–Trinajstić information content (AvgIpc) is 2.59. The van der Waals surface area contributed by atoms with E-state index < -0.39 is 0 Å². The second kappa shape index (κ2) is 6.67. The van der Waals surface area contributed by atoms with Gasteiger partial charge in [-0.25, -0.2) is 4.98 Å². The molecule has 0 aliphatic rings. The Hall–Kier alpha value is -2.59. The Labute approximate surface area is 135 Å². The molecule has 0 spiro atoms. The molecule has 0 amide bonds. The van der Waals surface area contributed by atoms with Crippen LogP contribution in [-0.4, -0.2) is 30.4 Å². The first-order valence-electron chi connectivity index (χ1n) is 7.62. The molecule has 4 heteroatoms. The van der Waals surface area contributed by atoms with Crippen LogP contribution in [0.2, 0.25) is 0 Å². The van der Waals surface area contributed by atoms with Crippen molar-refractivity contribution < 1.29 is 9.84 Å². The minimum Gasteiger partial charge on any atom is -0.497 e. The van der Waals surface area contributed by atoms with Crippen LogP contribution in [0.1, 0.15) is 5.56 Å². The lowest BCUT2D eigenvalue weighted by molar-refractivity contribution is 0.311. The van der Waals surface area contributed by atoms with E-state index in [0.29, 0.717) is 6.54 Å². The second-order valence-electron chi connectivity index (χ2n) is 5.45. The molecule has 0 aliphatic heterocycles. The number of methoxy groups -OCH3 is 1. The molecule has 0 bridgehead atoms. The van der Waals surface area contributed by atoms with Gasteiger partial charge in [-0.2, -0.15) is 0 Å². The van der Waals surface area contributed by atoms with Gasteiger partial charge in [0.1, 0.15) is 5.75 Å². The standard InChI is InChI=1S/C19H20N2O2/c1-13-3-8-16-18(20-9-10-22)12-17(21-19(16)11-13)14-4-6-15(23-2)7-5-14/h3-8,11-12,22H,9-10H2,1-2H3,(H,20,21). The van der Waals surface area contributed by atoms with Gasteiger partial charge in [0, 0.05) is 23.2 Å². The summed E-state index contributed by atoms with van der Waals surface area (Å²) in [6, 6.07) is 16.1. The molecular weight excluding hydrogens is 288 g/mol. The summed E-state index contributed by atoms with van der Waals surface area (Å²) in [5, 5.41) is 13.4. The molecule has 118 valence electrons. The molecule has 1 aromatic heterocycles. The van der Waals surface area contributed by atoms with Gasteiger partial charge in [-0.3, -0.25) is 0 Å². The summed E-state index contributed by atoms with van der Waals surface area (Å²) in [6.07, 6.45) is 0. The highest BCUT2D eigenvalue weighted by atomic mass is 16.5. The number of hydrogen-bond donors (Lipinski definition) is 2. The topological polar surface area (TPSA) is 54.4 Å². The number of aromatic nitrogens is 1. The van der Waals surface area contributed by atoms with Crippen molar-refractivity contribution in [2.75, 3.05) is 25.6 Å². The Morgan fingerprint density at radius 2 is 1.87 bits per heavy atom. The molecule has 2 N–H and O–H groups in total. The van der Waals surface area contributed by atoms with Crippen molar-refractivity contribution >= 4 is 16.6 Å². The van der Waals surface area contributed by atoms with E-state index in [1.165, 1.54) is 5.56 Å². The summed E-state index contributed by atoms with van der Waals surface area (Å²) >= 11 is 0. The third kappa shape index (κ3) is 3.27. The summed E-state index contributed by atoms with van der Waals surface area (Å²) < 4.78 is 5.21. The molecule has 0 atom stereocenters. The number of nitrogens with one attached hydrogen (secondary N) is 1. The van der Waals surface area contributed by atoms with E-state index in [1.54, 1.807) is 7.11 Å². The maximum absolute atomic E-state index is 9.10. The van der Waals surface area contributed by atoms with Crippen LogP contribution >= 0.6 is 0 Å². The zero-order valence-electron chi connectivity index (χ0n) is 13.3. The molecule has 3 aromatic rings. The SMILES string of the molecule is COc1ccc(-c2cc(NCCO)c3ccc(C)cc3n2)cc1. The van der Waals surface area contributed by atoms with Crippen LogP contribution in [0.4, 0.5) is 5.69 Å². The zero-order chi connectivity index (χ0) is 16.2. The third-order valence-electron chi connectivity index (χ3n) is 3.78. The number of fused-ring (bicyclic) bond motifs is 1. The van der Waals surface area contributed by atoms with Crippen LogP contribution in [-0.2, 0) is 0 Å². The Balaban J connectivity index is 2.11. The first kappa shape index (κ1) is 15.3. The van der Waals surface area contributed by atoms with Gasteiger partial charge in [0.15, 0.2) is 0 Å². The minimum absolute atomic E-state index is 0.0908. The lowest BCUT2D eigenvalue weighted by Gasteiger charge is -2.12. The quantitative estimate of drug-likeness (QED) is 0.756. The highest BCUT2D eigenvalue weighted by Crippen LogP contribution is 2.29. The Kier molecular flexibility index (Phi) is 4.44. The molecule has 0 fully saturated rings. The number of rotatable bonds is 5. The van der Waals surface area contributed by atoms with Crippen molar-refractivity contribution in [3.05, 3.63) is 54.1 Å². The predicted octanol–water partition coefficient (Wildman–Crippen LogP) is 3.62. The fourth-order valence-corrected chi connectivity index (χ4v) is 2.58. The van der Waals surface area contributed by atoms with E-state index in [4.69, 9.17) is 14.8 Å². The van der Waals surface area contributed by atoms with Crippen molar-refractivity contribution in [2.45, 2.75) is 6.92 Å². The van der Waals surface area contributed by atoms with Crippen molar-refractivity contribution in [1.82, 2.24) is 4.98 Å². The molecule has 3 rings (SSSR count). The molecule has 2 aromatic carbocycles. The fourth-order valence-electron chi connectivity index (χ4n) is 2.58. The summed E-state index contributed by atoms with van der Waals surface area (Å²) in [6.45, 7) is 2.66. The van der Waals surface area contributed by atoms with Crippen LogP contribution < -0.4 is 10.1 Å². The number of ether oxygens (including phenoxy) is 1. The molecule has 23 heavy (non-hydrogen) atoms. The van der Waals surface area contributed by atoms with Crippen LogP contribution in [0.15, 0.2) is 48.5 Å². The van der Waals surface area contributed by atoms with E-state index in [0.717, 1.165) is 33.6 Å². The van der Waals surface area contributed by atoms with E-state index >= 15 is 0 Å². The maximum atomic E-state index is 9.10. The monoisotopic (exact) mass is 308 g/mol. The van der Waals surface area contributed by atoms with Crippen LogP contribution in [0, 0.1) is 6.92 Å². The van der Waals surface area contributed by atoms with Crippen molar-refractivity contribution in [3.63, 3.8) is 0 Å². The number of nitrogens with zero attached hydrogens (tertiary/aromatic N) is 1. The van der Waals surface area contributed by atoms with E-state index in [1.807, 2.05) is 30.3 Å². The van der Waals surface area contributed by atoms with Crippen molar-refractivity contribution in [2.24, 2.45) is 0 Å². The Morgan fingerprint density at radius 1 is 1.09 bits per heavy atom. The summed E-state index contributed by atoms with van der Waals surface area (Å²) in [5.41, 5.74) is 5.02. The normalized spacial score (nSPS) is 10.7. The number of aliphatic hydroxyl groups is 1. The average molecular weight is 308 g/mol. The van der Waals surface area contributed by atoms with Gasteiger partial charge >= 0.3 is 0 Å². The largest absolute Gasteiger partial charge is 0.497 e. The first-order chi connectivity index (χ1) is 11.2. The number of hydrogen-bond acceptors (Lipinski definition) is 4. The van der Waals surface area contributed by atoms with Gasteiger partial charge < -0.3 is 15.2 Å². The molecular formula is C19H20N2O2. The van der Waals surface area contributed by atoms with Crippen LogP contribution in [0.3, 0.4) is 0 Å². The lowest BCUT2D eigenvalue weighted by atomic mass is 10.1. The molecule has 4 nitrogen and oxygen atoms in total. The molecule has 0 unspecified atom stereocenters. The summed E-state index contributed by atoms with van der Waals surface area (Å²) in [4.78, 5) is 4.79. The summed E-state index contributed by atoms with van der Waals surface area (Å²) in [5.74, 6) is 0.823. The highest BCUT2D eigenvalue weighted by Gasteiger charge is 2.08. The van der Waals surface area contributed by atoms with E-state index in [-0.39, 0.29) is 6.61 Å². The second-order valence-corrected chi connectivity index (χ2v) is 5.45. The van der Waals surface area contributed by atoms with Gasteiger partial charge in [-0.05, 0) is 48.9 Å². The Morgan fingerprint density at radius 3 is 2.57 bits per heavy atom. The first-order valence-corrected chi connectivity index (χ1v) is 7.62. The highest BCUT2D eigenvalue weighted by molar-refractivity contribution is 5.94. The number of pyridine rings is 1. The van der Waals surface area contributed by atoms with Gasteiger partial charge in [0.25, 0.3) is 0 Å². The van der Waals surface area contributed by atoms with Gasteiger partial charge in [0.05, 0.1) is 24.9 Å². The number of aryl methyl sites for hydroxylation is 1. The lowest BCUT2D eigenvalue weighted by Crippen LogP contribution is -2.06. The number of anilines is 1. The minimum atomic E-state index is 0.0908. The van der Waals surface area contributed by atoms with Crippen LogP contribution in [0.5, 0.6) is 5.75 Å². The number of benzene rings is 2. The predicted molar refractivity (Wildman–Crippen MR) is 94.0 cm³/mol. The molecule has 0 radical (unpaired) electrons. The number of aliphatic hydroxyl groups excluding tert-OH is 1. The maximum Gasteiger partial charge on any atom is 0.118 e. The molecule has 1 heterocycles. The van der Waals surface area contributed by atoms with E-state index in [9.17, 15) is 0 Å². The molecule has 0 aliphatic carbocycles. The Bertz CT molecular complexity index is 813. The zero-order valence-corrected chi connectivity index (χ0v) is 13.3.